The number of rotatable bonds is 2. The number of hydrogen-bond donors (Lipinski definition) is 1. The molecule has 1 aliphatic heterocycles. The molecule has 0 spiro atoms. The number of carbonyl (C=O) groups is 1. The number of halogens is 1. The second-order valence-corrected chi connectivity index (χ2v) is 4.43. The van der Waals surface area contributed by atoms with E-state index in [9.17, 15) is 9.18 Å². The highest BCUT2D eigenvalue weighted by Crippen LogP contribution is 2.29. The average Bonchev–Trinajstić information content (AvgIpc) is 2.93. The highest BCUT2D eigenvalue weighted by Gasteiger charge is 2.22. The van der Waals surface area contributed by atoms with Crippen molar-refractivity contribution in [3.63, 3.8) is 0 Å². The van der Waals surface area contributed by atoms with E-state index >= 15 is 0 Å². The van der Waals surface area contributed by atoms with Crippen molar-refractivity contribution in [1.82, 2.24) is 4.57 Å². The number of fused-ring (bicyclic) bond motifs is 1. The van der Waals surface area contributed by atoms with Crippen LogP contribution in [0.2, 0.25) is 0 Å². The highest BCUT2D eigenvalue weighted by atomic mass is 19.1. The Morgan fingerprint density at radius 3 is 3.00 bits per heavy atom. The molecule has 0 unspecified atom stereocenters. The predicted molar refractivity (Wildman–Crippen MR) is 63.3 cm³/mol. The summed E-state index contributed by atoms with van der Waals surface area (Å²) in [5.74, 6) is -1.46. The van der Waals surface area contributed by atoms with Crippen molar-refractivity contribution in [2.75, 3.05) is 13.2 Å². The SMILES string of the molecule is O=C(O)c1cn([C@H]2CCOC2)c2ccc(F)cc12. The molecule has 4 nitrogen and oxygen atoms in total. The Morgan fingerprint density at radius 1 is 1.50 bits per heavy atom. The van der Waals surface area contributed by atoms with Crippen molar-refractivity contribution in [3.8, 4) is 0 Å². The fourth-order valence-electron chi connectivity index (χ4n) is 2.44. The van der Waals surface area contributed by atoms with E-state index in [0.717, 1.165) is 11.9 Å². The molecule has 2 heterocycles. The molecule has 0 bridgehead atoms. The number of benzene rings is 1. The molecule has 0 saturated carbocycles. The van der Waals surface area contributed by atoms with Crippen LogP contribution in [0.15, 0.2) is 24.4 Å². The molecule has 1 aliphatic rings. The van der Waals surface area contributed by atoms with Gasteiger partial charge in [-0.15, -0.1) is 0 Å². The molecule has 0 aliphatic carbocycles. The summed E-state index contributed by atoms with van der Waals surface area (Å²) in [4.78, 5) is 11.2. The summed E-state index contributed by atoms with van der Waals surface area (Å²) in [6, 6.07) is 4.37. The smallest absolute Gasteiger partial charge is 0.337 e. The average molecular weight is 249 g/mol. The normalized spacial score (nSPS) is 19.5. The Morgan fingerprint density at radius 2 is 2.33 bits per heavy atom. The first kappa shape index (κ1) is 11.2. The summed E-state index contributed by atoms with van der Waals surface area (Å²) in [5.41, 5.74) is 0.876. The van der Waals surface area contributed by atoms with Gasteiger partial charge in [-0.2, -0.15) is 0 Å². The van der Waals surface area contributed by atoms with Crippen LogP contribution in [0.3, 0.4) is 0 Å². The Hall–Kier alpha value is -1.88. The Balaban J connectivity index is 2.22. The van der Waals surface area contributed by atoms with Crippen molar-refractivity contribution in [3.05, 3.63) is 35.8 Å². The van der Waals surface area contributed by atoms with Gasteiger partial charge in [0.1, 0.15) is 5.82 Å². The van der Waals surface area contributed by atoms with Gasteiger partial charge in [-0.1, -0.05) is 0 Å². The number of aromatic carboxylic acids is 1. The number of aromatic nitrogens is 1. The molecule has 1 atom stereocenters. The second kappa shape index (κ2) is 4.10. The third-order valence-electron chi connectivity index (χ3n) is 3.32. The van der Waals surface area contributed by atoms with Gasteiger partial charge in [0.25, 0.3) is 0 Å². The van der Waals surface area contributed by atoms with Gasteiger partial charge in [-0.3, -0.25) is 0 Å². The lowest BCUT2D eigenvalue weighted by molar-refractivity contribution is 0.0698. The molecular weight excluding hydrogens is 237 g/mol. The number of ether oxygens (including phenoxy) is 1. The third kappa shape index (κ3) is 1.67. The van der Waals surface area contributed by atoms with Gasteiger partial charge in [0.2, 0.25) is 0 Å². The minimum atomic E-state index is -1.04. The van der Waals surface area contributed by atoms with Crippen molar-refractivity contribution < 1.29 is 19.0 Å². The van der Waals surface area contributed by atoms with Crippen molar-refractivity contribution in [1.29, 1.82) is 0 Å². The molecule has 5 heteroatoms. The van der Waals surface area contributed by atoms with E-state index in [-0.39, 0.29) is 11.6 Å². The summed E-state index contributed by atoms with van der Waals surface area (Å²) < 4.78 is 20.4. The Kier molecular flexibility index (Phi) is 2.56. The van der Waals surface area contributed by atoms with Crippen LogP contribution >= 0.6 is 0 Å². The van der Waals surface area contributed by atoms with Crippen LogP contribution < -0.4 is 0 Å². The van der Waals surface area contributed by atoms with Gasteiger partial charge in [-0.05, 0) is 24.6 Å². The summed E-state index contributed by atoms with van der Waals surface area (Å²) in [7, 11) is 0. The quantitative estimate of drug-likeness (QED) is 0.889. The van der Waals surface area contributed by atoms with Gasteiger partial charge in [0, 0.05) is 23.7 Å². The molecule has 1 aromatic heterocycles. The first-order valence-electron chi connectivity index (χ1n) is 5.78. The van der Waals surface area contributed by atoms with Crippen LogP contribution in [-0.2, 0) is 4.74 Å². The fourth-order valence-corrected chi connectivity index (χ4v) is 2.44. The van der Waals surface area contributed by atoms with Crippen molar-refractivity contribution >= 4 is 16.9 Å². The van der Waals surface area contributed by atoms with Gasteiger partial charge in [0.15, 0.2) is 0 Å². The van der Waals surface area contributed by atoms with Gasteiger partial charge in [-0.25, -0.2) is 9.18 Å². The topological polar surface area (TPSA) is 51.5 Å². The Bertz CT molecular complexity index is 614. The van der Waals surface area contributed by atoms with E-state index in [1.807, 2.05) is 4.57 Å². The van der Waals surface area contributed by atoms with Crippen LogP contribution in [0.25, 0.3) is 10.9 Å². The van der Waals surface area contributed by atoms with Crippen LogP contribution in [-0.4, -0.2) is 28.9 Å². The van der Waals surface area contributed by atoms with Gasteiger partial charge < -0.3 is 14.4 Å². The monoisotopic (exact) mass is 249 g/mol. The van der Waals surface area contributed by atoms with E-state index in [4.69, 9.17) is 9.84 Å². The Labute approximate surface area is 103 Å². The maximum atomic E-state index is 13.2. The van der Waals surface area contributed by atoms with E-state index in [2.05, 4.69) is 0 Å². The summed E-state index contributed by atoms with van der Waals surface area (Å²) in [6.45, 7) is 1.24. The lowest BCUT2D eigenvalue weighted by Gasteiger charge is -2.11. The number of nitrogens with zero attached hydrogens (tertiary/aromatic N) is 1. The highest BCUT2D eigenvalue weighted by molar-refractivity contribution is 6.03. The molecule has 0 amide bonds. The molecule has 1 fully saturated rings. The maximum absolute atomic E-state index is 13.2. The molecule has 1 saturated heterocycles. The lowest BCUT2D eigenvalue weighted by Crippen LogP contribution is -2.07. The standard InChI is InChI=1S/C13H12FNO3/c14-8-1-2-12-10(5-8)11(13(16)17)6-15(12)9-3-4-18-7-9/h1-2,5-6,9H,3-4,7H2,(H,16,17)/t9-/m0/s1. The predicted octanol–water partition coefficient (Wildman–Crippen LogP) is 2.44. The van der Waals surface area contributed by atoms with Crippen LogP contribution in [0.5, 0.6) is 0 Å². The molecular formula is C13H12FNO3. The van der Waals surface area contributed by atoms with E-state index in [1.165, 1.54) is 12.1 Å². The largest absolute Gasteiger partial charge is 0.478 e. The first-order valence-corrected chi connectivity index (χ1v) is 5.78. The van der Waals surface area contributed by atoms with Crippen molar-refractivity contribution in [2.24, 2.45) is 0 Å². The third-order valence-corrected chi connectivity index (χ3v) is 3.32. The second-order valence-electron chi connectivity index (χ2n) is 4.43. The minimum Gasteiger partial charge on any atom is -0.478 e. The summed E-state index contributed by atoms with van der Waals surface area (Å²) in [6.07, 6.45) is 2.42. The zero-order chi connectivity index (χ0) is 12.7. The molecule has 2 aromatic rings. The fraction of sp³-hybridized carbons (Fsp3) is 0.308. The van der Waals surface area contributed by atoms with E-state index in [0.29, 0.717) is 18.6 Å². The van der Waals surface area contributed by atoms with Gasteiger partial charge in [0.05, 0.1) is 18.2 Å². The molecule has 3 rings (SSSR count). The minimum absolute atomic E-state index is 0.131. The van der Waals surface area contributed by atoms with Crippen LogP contribution in [0, 0.1) is 5.82 Å². The first-order chi connectivity index (χ1) is 8.66. The zero-order valence-electron chi connectivity index (χ0n) is 9.60. The lowest BCUT2D eigenvalue weighted by atomic mass is 10.2. The summed E-state index contributed by atoms with van der Waals surface area (Å²) >= 11 is 0. The summed E-state index contributed by atoms with van der Waals surface area (Å²) in [5, 5.41) is 9.60. The molecule has 0 radical (unpaired) electrons. The molecule has 1 N–H and O–H groups in total. The van der Waals surface area contributed by atoms with Gasteiger partial charge >= 0.3 is 5.97 Å². The zero-order valence-corrected chi connectivity index (χ0v) is 9.60. The maximum Gasteiger partial charge on any atom is 0.337 e. The number of carboxylic acid groups (broad SMARTS) is 1. The number of hydrogen-bond acceptors (Lipinski definition) is 2. The molecule has 18 heavy (non-hydrogen) atoms. The van der Waals surface area contributed by atoms with Crippen LogP contribution in [0.4, 0.5) is 4.39 Å². The molecule has 94 valence electrons. The van der Waals surface area contributed by atoms with Crippen molar-refractivity contribution in [2.45, 2.75) is 12.5 Å². The van der Waals surface area contributed by atoms with Crippen LogP contribution in [0.1, 0.15) is 22.8 Å². The van der Waals surface area contributed by atoms with E-state index < -0.39 is 11.8 Å². The molecule has 1 aromatic carbocycles. The van der Waals surface area contributed by atoms with E-state index in [1.54, 1.807) is 12.3 Å². The number of carboxylic acids is 1.